The number of halogens is 1. The van der Waals surface area contributed by atoms with Crippen LogP contribution in [0, 0.1) is 5.92 Å². The van der Waals surface area contributed by atoms with Gasteiger partial charge in [-0.05, 0) is 48.6 Å². The van der Waals surface area contributed by atoms with Crippen LogP contribution in [0.25, 0.3) is 0 Å². The lowest BCUT2D eigenvalue weighted by molar-refractivity contribution is -0.141. The van der Waals surface area contributed by atoms with Crippen LogP contribution in [0.1, 0.15) is 24.3 Å². The Morgan fingerprint density at radius 1 is 1.56 bits per heavy atom. The van der Waals surface area contributed by atoms with E-state index in [1.807, 2.05) is 26.2 Å². The van der Waals surface area contributed by atoms with Crippen LogP contribution in [0.15, 0.2) is 15.9 Å². The van der Waals surface area contributed by atoms with E-state index in [1.54, 1.807) is 18.3 Å². The molecule has 0 radical (unpaired) electrons. The number of hydrogen-bond donors (Lipinski definition) is 1. The Bertz CT molecular complexity index is 365. The standard InChI is InChI=1S/C11H16BrNO2S/c1-7(11(14)15)6-8(13(2)3)9-4-5-10(12)16-9/h4-5,7-8H,6H2,1-3H3,(H,14,15). The summed E-state index contributed by atoms with van der Waals surface area (Å²) in [5.41, 5.74) is 0. The van der Waals surface area contributed by atoms with Gasteiger partial charge in [-0.2, -0.15) is 0 Å². The molecule has 90 valence electrons. The predicted octanol–water partition coefficient (Wildman–Crippen LogP) is 3.22. The monoisotopic (exact) mass is 305 g/mol. The third-order valence-electron chi connectivity index (χ3n) is 2.54. The summed E-state index contributed by atoms with van der Waals surface area (Å²) in [5, 5.41) is 8.94. The van der Waals surface area contributed by atoms with E-state index in [1.165, 1.54) is 4.88 Å². The quantitative estimate of drug-likeness (QED) is 0.908. The van der Waals surface area contributed by atoms with Crippen molar-refractivity contribution in [1.29, 1.82) is 0 Å². The lowest BCUT2D eigenvalue weighted by atomic mass is 10.0. The van der Waals surface area contributed by atoms with Crippen LogP contribution in [0.3, 0.4) is 0 Å². The highest BCUT2D eigenvalue weighted by Crippen LogP contribution is 2.33. The number of carboxylic acids is 1. The van der Waals surface area contributed by atoms with E-state index in [4.69, 9.17) is 5.11 Å². The van der Waals surface area contributed by atoms with E-state index in [2.05, 4.69) is 20.8 Å². The molecule has 2 atom stereocenters. The molecule has 1 N–H and O–H groups in total. The summed E-state index contributed by atoms with van der Waals surface area (Å²) < 4.78 is 1.08. The van der Waals surface area contributed by atoms with Crippen molar-refractivity contribution in [2.75, 3.05) is 14.1 Å². The molecule has 1 aromatic rings. The van der Waals surface area contributed by atoms with Crippen LogP contribution in [0.4, 0.5) is 0 Å². The summed E-state index contributed by atoms with van der Waals surface area (Å²) in [7, 11) is 3.96. The van der Waals surface area contributed by atoms with Crippen LogP contribution < -0.4 is 0 Å². The summed E-state index contributed by atoms with van der Waals surface area (Å²) >= 11 is 5.09. The maximum atomic E-state index is 10.9. The van der Waals surface area contributed by atoms with E-state index in [9.17, 15) is 4.79 Å². The first-order valence-electron chi connectivity index (χ1n) is 5.06. The maximum absolute atomic E-state index is 10.9. The molecule has 0 bridgehead atoms. The molecule has 16 heavy (non-hydrogen) atoms. The zero-order valence-electron chi connectivity index (χ0n) is 9.61. The fourth-order valence-corrected chi connectivity index (χ4v) is 3.16. The Labute approximate surface area is 108 Å². The van der Waals surface area contributed by atoms with Crippen LogP contribution in [0.5, 0.6) is 0 Å². The first-order chi connectivity index (χ1) is 7.41. The molecule has 0 saturated heterocycles. The van der Waals surface area contributed by atoms with E-state index < -0.39 is 5.97 Å². The van der Waals surface area contributed by atoms with Crippen molar-refractivity contribution in [3.63, 3.8) is 0 Å². The molecule has 0 aliphatic rings. The summed E-state index contributed by atoms with van der Waals surface area (Å²) in [5.74, 6) is -1.06. The summed E-state index contributed by atoms with van der Waals surface area (Å²) in [6.07, 6.45) is 0.634. The third-order valence-corrected chi connectivity index (χ3v) is 4.27. The highest BCUT2D eigenvalue weighted by atomic mass is 79.9. The van der Waals surface area contributed by atoms with Crippen molar-refractivity contribution in [1.82, 2.24) is 4.90 Å². The second-order valence-corrected chi connectivity index (χ2v) is 6.59. The average molecular weight is 306 g/mol. The van der Waals surface area contributed by atoms with Crippen LogP contribution >= 0.6 is 27.3 Å². The Hall–Kier alpha value is -0.390. The normalized spacial score (nSPS) is 15.1. The smallest absolute Gasteiger partial charge is 0.306 e. The SMILES string of the molecule is CC(CC(c1ccc(Br)s1)N(C)C)C(=O)O. The minimum absolute atomic E-state index is 0.169. The summed E-state index contributed by atoms with van der Waals surface area (Å²) in [6.45, 7) is 1.75. The molecule has 0 aliphatic heterocycles. The van der Waals surface area contributed by atoms with Crippen molar-refractivity contribution in [3.8, 4) is 0 Å². The van der Waals surface area contributed by atoms with Crippen molar-refractivity contribution >= 4 is 33.2 Å². The van der Waals surface area contributed by atoms with E-state index in [0.717, 1.165) is 3.79 Å². The summed E-state index contributed by atoms with van der Waals surface area (Å²) in [6, 6.07) is 4.22. The lowest BCUT2D eigenvalue weighted by Gasteiger charge is -2.24. The second kappa shape index (κ2) is 5.80. The van der Waals surface area contributed by atoms with Gasteiger partial charge in [0.25, 0.3) is 0 Å². The summed E-state index contributed by atoms with van der Waals surface area (Å²) in [4.78, 5) is 14.1. The molecule has 0 amide bonds. The van der Waals surface area contributed by atoms with Gasteiger partial charge in [0.1, 0.15) is 0 Å². The van der Waals surface area contributed by atoms with Gasteiger partial charge in [0.2, 0.25) is 0 Å². The van der Waals surface area contributed by atoms with Gasteiger partial charge in [-0.15, -0.1) is 11.3 Å². The zero-order chi connectivity index (χ0) is 12.3. The minimum Gasteiger partial charge on any atom is -0.481 e. The zero-order valence-corrected chi connectivity index (χ0v) is 12.0. The van der Waals surface area contributed by atoms with E-state index in [-0.39, 0.29) is 12.0 Å². The first-order valence-corrected chi connectivity index (χ1v) is 6.67. The number of rotatable bonds is 5. The van der Waals surface area contributed by atoms with Gasteiger partial charge in [0.05, 0.1) is 9.70 Å². The molecule has 3 nitrogen and oxygen atoms in total. The van der Waals surface area contributed by atoms with Gasteiger partial charge < -0.3 is 10.0 Å². The van der Waals surface area contributed by atoms with Gasteiger partial charge >= 0.3 is 5.97 Å². The van der Waals surface area contributed by atoms with Crippen LogP contribution in [-0.4, -0.2) is 30.1 Å². The predicted molar refractivity (Wildman–Crippen MR) is 69.9 cm³/mol. The number of aliphatic carboxylic acids is 1. The van der Waals surface area contributed by atoms with Crippen molar-refractivity contribution < 1.29 is 9.90 Å². The maximum Gasteiger partial charge on any atom is 0.306 e. The molecular formula is C11H16BrNO2S. The molecule has 1 rings (SSSR count). The molecule has 1 aromatic heterocycles. The highest BCUT2D eigenvalue weighted by molar-refractivity contribution is 9.11. The van der Waals surface area contributed by atoms with Crippen molar-refractivity contribution in [3.05, 3.63) is 20.8 Å². The molecule has 5 heteroatoms. The molecule has 0 spiro atoms. The van der Waals surface area contributed by atoms with Crippen LogP contribution in [0.2, 0.25) is 0 Å². The lowest BCUT2D eigenvalue weighted by Crippen LogP contribution is -2.23. The Balaban J connectivity index is 2.80. The average Bonchev–Trinajstić information content (AvgIpc) is 2.59. The minimum atomic E-state index is -0.734. The number of nitrogens with zero attached hydrogens (tertiary/aromatic N) is 1. The topological polar surface area (TPSA) is 40.5 Å². The Kier molecular flexibility index (Phi) is 4.95. The van der Waals surface area contributed by atoms with Crippen molar-refractivity contribution in [2.24, 2.45) is 5.92 Å². The van der Waals surface area contributed by atoms with Gasteiger partial charge in [-0.3, -0.25) is 4.79 Å². The third kappa shape index (κ3) is 3.57. The van der Waals surface area contributed by atoms with Gasteiger partial charge in [-0.1, -0.05) is 6.92 Å². The fourth-order valence-electron chi connectivity index (χ4n) is 1.52. The molecule has 0 fully saturated rings. The van der Waals surface area contributed by atoms with E-state index in [0.29, 0.717) is 6.42 Å². The largest absolute Gasteiger partial charge is 0.481 e. The van der Waals surface area contributed by atoms with Crippen LogP contribution in [-0.2, 0) is 4.79 Å². The second-order valence-electron chi connectivity index (χ2n) is 4.10. The van der Waals surface area contributed by atoms with E-state index >= 15 is 0 Å². The molecule has 2 unspecified atom stereocenters. The number of carbonyl (C=O) groups is 1. The van der Waals surface area contributed by atoms with Crippen molar-refractivity contribution in [2.45, 2.75) is 19.4 Å². The van der Waals surface area contributed by atoms with Gasteiger partial charge in [0.15, 0.2) is 0 Å². The molecule has 0 aliphatic carbocycles. The highest BCUT2D eigenvalue weighted by Gasteiger charge is 2.22. The Morgan fingerprint density at radius 2 is 2.19 bits per heavy atom. The fraction of sp³-hybridized carbons (Fsp3) is 0.545. The number of carboxylic acid groups (broad SMARTS) is 1. The Morgan fingerprint density at radius 3 is 2.56 bits per heavy atom. The number of hydrogen-bond acceptors (Lipinski definition) is 3. The first kappa shape index (κ1) is 13.7. The van der Waals surface area contributed by atoms with Gasteiger partial charge in [-0.25, -0.2) is 0 Å². The molecular weight excluding hydrogens is 290 g/mol. The molecule has 1 heterocycles. The molecule has 0 saturated carbocycles. The molecule has 0 aromatic carbocycles. The van der Waals surface area contributed by atoms with Gasteiger partial charge in [0, 0.05) is 10.9 Å². The number of thiophene rings is 1.